The van der Waals surface area contributed by atoms with Gasteiger partial charge in [-0.05, 0) is 12.1 Å². The summed E-state index contributed by atoms with van der Waals surface area (Å²) in [6.07, 6.45) is 0. The van der Waals surface area contributed by atoms with Crippen LogP contribution < -0.4 is 0 Å². The van der Waals surface area contributed by atoms with Crippen LogP contribution in [0.3, 0.4) is 0 Å². The van der Waals surface area contributed by atoms with Crippen LogP contribution in [0.2, 0.25) is 0 Å². The number of rotatable bonds is 2. The first-order chi connectivity index (χ1) is 9.23. The number of hydrogen-bond acceptors (Lipinski definition) is 3. The van der Waals surface area contributed by atoms with Crippen LogP contribution >= 0.6 is 15.9 Å². The van der Waals surface area contributed by atoms with Gasteiger partial charge in [0.15, 0.2) is 4.90 Å². The molecule has 0 aliphatic carbocycles. The minimum atomic E-state index is -4.38. The highest BCUT2D eigenvalue weighted by Crippen LogP contribution is 2.26. The minimum Gasteiger partial charge on any atom is -0.343 e. The lowest BCUT2D eigenvalue weighted by molar-refractivity contribution is -0.132. The normalized spacial score (nSPS) is 17.6. The van der Waals surface area contributed by atoms with E-state index in [0.717, 1.165) is 16.4 Å². The van der Waals surface area contributed by atoms with Crippen molar-refractivity contribution in [2.24, 2.45) is 0 Å². The number of sulfonamides is 1. The number of hydrogen-bond donors (Lipinski definition) is 0. The maximum Gasteiger partial charge on any atom is 0.249 e. The van der Waals surface area contributed by atoms with E-state index >= 15 is 0 Å². The molecule has 0 N–H and O–H groups in total. The van der Waals surface area contributed by atoms with Crippen molar-refractivity contribution in [2.75, 3.05) is 26.7 Å². The predicted molar refractivity (Wildman–Crippen MR) is 70.5 cm³/mol. The molecule has 1 aromatic carbocycles. The van der Waals surface area contributed by atoms with Gasteiger partial charge >= 0.3 is 0 Å². The third kappa shape index (κ3) is 2.70. The van der Waals surface area contributed by atoms with E-state index in [4.69, 9.17) is 0 Å². The van der Waals surface area contributed by atoms with Crippen LogP contribution in [0.25, 0.3) is 0 Å². The summed E-state index contributed by atoms with van der Waals surface area (Å²) in [6, 6.07) is 1.74. The second-order valence-electron chi connectivity index (χ2n) is 4.35. The highest BCUT2D eigenvalue weighted by atomic mass is 79.9. The van der Waals surface area contributed by atoms with Crippen molar-refractivity contribution in [2.45, 2.75) is 4.90 Å². The van der Waals surface area contributed by atoms with E-state index in [1.807, 2.05) is 0 Å². The van der Waals surface area contributed by atoms with Crippen molar-refractivity contribution in [3.63, 3.8) is 0 Å². The van der Waals surface area contributed by atoms with Crippen molar-refractivity contribution < 1.29 is 22.0 Å². The van der Waals surface area contributed by atoms with Gasteiger partial charge in [-0.15, -0.1) is 0 Å². The van der Waals surface area contributed by atoms with Crippen LogP contribution in [0.15, 0.2) is 21.5 Å². The number of carbonyl (C=O) groups is 1. The van der Waals surface area contributed by atoms with Gasteiger partial charge in [0.05, 0.1) is 6.54 Å². The van der Waals surface area contributed by atoms with E-state index in [1.165, 1.54) is 11.9 Å². The largest absolute Gasteiger partial charge is 0.343 e. The SMILES string of the molecule is CN1CCN(S(=O)(=O)c2c(F)cc(Br)cc2F)CC1=O. The van der Waals surface area contributed by atoms with Gasteiger partial charge in [-0.3, -0.25) is 4.79 Å². The van der Waals surface area contributed by atoms with E-state index in [2.05, 4.69) is 15.9 Å². The molecule has 0 unspecified atom stereocenters. The highest BCUT2D eigenvalue weighted by molar-refractivity contribution is 9.10. The summed E-state index contributed by atoms with van der Waals surface area (Å²) in [7, 11) is -2.85. The van der Waals surface area contributed by atoms with Crippen LogP contribution in [-0.2, 0) is 14.8 Å². The highest BCUT2D eigenvalue weighted by Gasteiger charge is 2.35. The lowest BCUT2D eigenvalue weighted by Crippen LogP contribution is -2.50. The monoisotopic (exact) mass is 368 g/mol. The summed E-state index contributed by atoms with van der Waals surface area (Å²) in [5.74, 6) is -2.80. The molecule has 1 aromatic rings. The van der Waals surface area contributed by atoms with Gasteiger partial charge in [0.25, 0.3) is 0 Å². The van der Waals surface area contributed by atoms with Gasteiger partial charge in [0.1, 0.15) is 11.6 Å². The fraction of sp³-hybridized carbons (Fsp3) is 0.364. The van der Waals surface area contributed by atoms with Crippen molar-refractivity contribution in [3.8, 4) is 0 Å². The molecule has 0 saturated carbocycles. The molecule has 0 spiro atoms. The smallest absolute Gasteiger partial charge is 0.249 e. The third-order valence-corrected chi connectivity index (χ3v) is 5.34. The molecule has 2 rings (SSSR count). The quantitative estimate of drug-likeness (QED) is 0.787. The average molecular weight is 369 g/mol. The Kier molecular flexibility index (Phi) is 4.12. The number of benzene rings is 1. The lowest BCUT2D eigenvalue weighted by atomic mass is 10.3. The standard InChI is InChI=1S/C11H11BrF2N2O3S/c1-15-2-3-16(6-10(15)17)20(18,19)11-8(13)4-7(12)5-9(11)14/h4-5H,2-3,6H2,1H3. The number of piperazine rings is 1. The molecular formula is C11H11BrF2N2O3S. The predicted octanol–water partition coefficient (Wildman–Crippen LogP) is 1.19. The maximum atomic E-state index is 13.8. The first-order valence-electron chi connectivity index (χ1n) is 5.62. The molecule has 0 bridgehead atoms. The van der Waals surface area contributed by atoms with Crippen LogP contribution in [0.4, 0.5) is 8.78 Å². The molecule has 0 atom stereocenters. The van der Waals surface area contributed by atoms with Gasteiger partial charge in [0.2, 0.25) is 15.9 Å². The Hall–Kier alpha value is -1.06. The van der Waals surface area contributed by atoms with E-state index in [9.17, 15) is 22.0 Å². The second-order valence-corrected chi connectivity index (χ2v) is 7.14. The summed E-state index contributed by atoms with van der Waals surface area (Å²) in [4.78, 5) is 11.9. The van der Waals surface area contributed by atoms with Crippen molar-refractivity contribution >= 4 is 31.9 Å². The molecule has 0 aromatic heterocycles. The Balaban J connectivity index is 2.44. The van der Waals surface area contributed by atoms with Crippen molar-refractivity contribution in [1.82, 2.24) is 9.21 Å². The molecule has 110 valence electrons. The zero-order valence-corrected chi connectivity index (χ0v) is 12.8. The number of amides is 1. The lowest BCUT2D eigenvalue weighted by Gasteiger charge is -2.31. The van der Waals surface area contributed by atoms with E-state index in [0.29, 0.717) is 0 Å². The van der Waals surface area contributed by atoms with Crippen LogP contribution in [-0.4, -0.2) is 50.2 Å². The summed E-state index contributed by atoms with van der Waals surface area (Å²) in [5.41, 5.74) is 0. The Labute approximate surface area is 123 Å². The topological polar surface area (TPSA) is 57.7 Å². The summed E-state index contributed by atoms with van der Waals surface area (Å²) in [5, 5.41) is 0. The average Bonchev–Trinajstić information content (AvgIpc) is 2.30. The first kappa shape index (κ1) is 15.3. The van der Waals surface area contributed by atoms with Gasteiger partial charge in [-0.2, -0.15) is 4.31 Å². The third-order valence-electron chi connectivity index (χ3n) is 2.98. The summed E-state index contributed by atoms with van der Waals surface area (Å²) in [6.45, 7) is -0.245. The number of likely N-dealkylation sites (N-methyl/N-ethyl adjacent to an activating group) is 1. The zero-order chi connectivity index (χ0) is 15.1. The molecule has 9 heteroatoms. The zero-order valence-electron chi connectivity index (χ0n) is 10.4. The minimum absolute atomic E-state index is 0.000479. The fourth-order valence-electron chi connectivity index (χ4n) is 1.85. The van der Waals surface area contributed by atoms with Crippen LogP contribution in [0, 0.1) is 11.6 Å². The number of carbonyl (C=O) groups excluding carboxylic acids is 1. The molecule has 1 saturated heterocycles. The van der Waals surface area contributed by atoms with Crippen molar-refractivity contribution in [1.29, 1.82) is 0 Å². The Morgan fingerprint density at radius 3 is 2.25 bits per heavy atom. The van der Waals surface area contributed by atoms with Gasteiger partial charge in [-0.25, -0.2) is 17.2 Å². The summed E-state index contributed by atoms with van der Waals surface area (Å²) < 4.78 is 52.9. The Bertz CT molecular complexity index is 643. The van der Waals surface area contributed by atoms with Gasteiger partial charge in [0, 0.05) is 24.6 Å². The van der Waals surface area contributed by atoms with Crippen LogP contribution in [0.5, 0.6) is 0 Å². The molecule has 1 amide bonds. The molecule has 0 radical (unpaired) electrons. The van der Waals surface area contributed by atoms with E-state index in [1.54, 1.807) is 0 Å². The molecule has 1 aliphatic heterocycles. The molecule has 1 heterocycles. The van der Waals surface area contributed by atoms with E-state index < -0.39 is 39.0 Å². The van der Waals surface area contributed by atoms with E-state index in [-0.39, 0.29) is 17.6 Å². The second kappa shape index (κ2) is 5.38. The molecule has 20 heavy (non-hydrogen) atoms. The first-order valence-corrected chi connectivity index (χ1v) is 7.85. The molecule has 1 fully saturated rings. The Morgan fingerprint density at radius 2 is 1.75 bits per heavy atom. The Morgan fingerprint density at radius 1 is 1.20 bits per heavy atom. The molecule has 1 aliphatic rings. The van der Waals surface area contributed by atoms with Crippen molar-refractivity contribution in [3.05, 3.63) is 28.2 Å². The maximum absolute atomic E-state index is 13.8. The summed E-state index contributed by atoms with van der Waals surface area (Å²) >= 11 is 2.88. The molecular weight excluding hydrogens is 358 g/mol. The number of nitrogens with zero attached hydrogens (tertiary/aromatic N) is 2. The van der Waals surface area contributed by atoms with Crippen LogP contribution in [0.1, 0.15) is 0 Å². The molecule has 5 nitrogen and oxygen atoms in total. The van der Waals surface area contributed by atoms with Gasteiger partial charge < -0.3 is 4.90 Å². The number of halogens is 3. The van der Waals surface area contributed by atoms with Gasteiger partial charge in [-0.1, -0.05) is 15.9 Å². The fourth-order valence-corrected chi connectivity index (χ4v) is 3.72.